The first kappa shape index (κ1) is 17.4. The smallest absolute Gasteiger partial charge is 0.265 e. The molecule has 5 rings (SSSR count). The summed E-state index contributed by atoms with van der Waals surface area (Å²) in [5.74, 6) is 1.01. The van der Waals surface area contributed by atoms with Crippen LogP contribution in [-0.4, -0.2) is 49.0 Å². The highest BCUT2D eigenvalue weighted by Gasteiger charge is 2.65. The quantitative estimate of drug-likeness (QED) is 0.779. The van der Waals surface area contributed by atoms with Gasteiger partial charge in [0, 0.05) is 6.42 Å². The molecule has 6 heteroatoms. The minimum atomic E-state index is -4.08. The van der Waals surface area contributed by atoms with E-state index in [9.17, 15) is 13.2 Å². The lowest BCUT2D eigenvalue weighted by atomic mass is 9.70. The van der Waals surface area contributed by atoms with Crippen LogP contribution in [0.5, 0.6) is 0 Å². The molecular formula is C17H29NO4S. The Labute approximate surface area is 139 Å². The molecular weight excluding hydrogens is 314 g/mol. The molecule has 0 aromatic heterocycles. The van der Waals surface area contributed by atoms with Crippen LogP contribution in [-0.2, 0) is 14.9 Å². The molecule has 0 radical (unpaired) electrons. The first-order valence-corrected chi connectivity index (χ1v) is 10.5. The Hall–Kier alpha value is -0.460. The topological polar surface area (TPSA) is 74.7 Å². The number of Topliss-reactive ketones (excluding diaryl/α,β-unsaturated/α-hetero) is 1. The molecule has 3 saturated heterocycles. The molecule has 4 bridgehead atoms. The molecule has 0 amide bonds. The van der Waals surface area contributed by atoms with E-state index in [-0.39, 0.29) is 17.1 Å². The lowest BCUT2D eigenvalue weighted by Crippen LogP contribution is -2.42. The third kappa shape index (κ3) is 3.10. The first-order valence-electron chi connectivity index (χ1n) is 8.85. The fourth-order valence-corrected chi connectivity index (χ4v) is 6.58. The molecule has 0 aromatic carbocycles. The van der Waals surface area contributed by atoms with Crippen LogP contribution >= 0.6 is 0 Å². The Morgan fingerprint density at radius 3 is 1.96 bits per heavy atom. The van der Waals surface area contributed by atoms with Crippen molar-refractivity contribution in [2.24, 2.45) is 22.7 Å². The van der Waals surface area contributed by atoms with E-state index in [0.29, 0.717) is 12.8 Å². The average molecular weight is 343 g/mol. The maximum absolute atomic E-state index is 11.9. The number of piperidine rings is 3. The van der Waals surface area contributed by atoms with Crippen molar-refractivity contribution in [3.63, 3.8) is 0 Å². The molecule has 2 atom stereocenters. The fraction of sp³-hybridized carbons (Fsp3) is 0.941. The van der Waals surface area contributed by atoms with Gasteiger partial charge in [-0.1, -0.05) is 13.8 Å². The van der Waals surface area contributed by atoms with Crippen molar-refractivity contribution in [3.8, 4) is 0 Å². The molecule has 0 aromatic rings. The van der Waals surface area contributed by atoms with Crippen LogP contribution in [0.2, 0.25) is 0 Å². The van der Waals surface area contributed by atoms with E-state index in [4.69, 9.17) is 4.55 Å². The van der Waals surface area contributed by atoms with Crippen molar-refractivity contribution in [1.82, 2.24) is 4.90 Å². The van der Waals surface area contributed by atoms with Crippen molar-refractivity contribution >= 4 is 15.9 Å². The summed E-state index contributed by atoms with van der Waals surface area (Å²) in [5, 5.41) is 0. The second kappa shape index (κ2) is 5.81. The monoisotopic (exact) mass is 343 g/mol. The van der Waals surface area contributed by atoms with Gasteiger partial charge in [0.25, 0.3) is 10.1 Å². The second-order valence-corrected chi connectivity index (χ2v) is 9.92. The van der Waals surface area contributed by atoms with Gasteiger partial charge < -0.3 is 4.90 Å². The van der Waals surface area contributed by atoms with Gasteiger partial charge >= 0.3 is 0 Å². The number of hydrogen-bond acceptors (Lipinski definition) is 4. The number of ketones is 1. The Kier molecular flexibility index (Phi) is 4.39. The van der Waals surface area contributed by atoms with Crippen molar-refractivity contribution in [1.29, 1.82) is 0 Å². The number of carbonyl (C=O) groups is 1. The molecule has 2 saturated carbocycles. The van der Waals surface area contributed by atoms with Crippen LogP contribution in [0.15, 0.2) is 0 Å². The van der Waals surface area contributed by atoms with E-state index in [0.717, 1.165) is 12.3 Å². The fourth-order valence-electron chi connectivity index (χ4n) is 5.28. The minimum absolute atomic E-state index is 0.0152. The molecule has 3 heterocycles. The maximum atomic E-state index is 11.9. The predicted molar refractivity (Wildman–Crippen MR) is 88.8 cm³/mol. The van der Waals surface area contributed by atoms with Gasteiger partial charge in [-0.3, -0.25) is 9.35 Å². The van der Waals surface area contributed by atoms with E-state index < -0.39 is 21.3 Å². The molecule has 2 aliphatic carbocycles. The SMILES string of the molecule is C1CN2CCC1CC2.CC1(C)C2CCC1(CS(=O)(=O)O)C(=O)C2. The van der Waals surface area contributed by atoms with Gasteiger partial charge in [0.15, 0.2) is 0 Å². The lowest BCUT2D eigenvalue weighted by Gasteiger charge is -2.38. The number of carbonyl (C=O) groups excluding carboxylic acids is 1. The molecule has 2 unspecified atom stereocenters. The number of nitrogens with zero attached hydrogens (tertiary/aromatic N) is 1. The van der Waals surface area contributed by atoms with Gasteiger partial charge in [0.05, 0.1) is 11.2 Å². The zero-order valence-electron chi connectivity index (χ0n) is 14.3. The summed E-state index contributed by atoms with van der Waals surface area (Å²) in [6.07, 6.45) is 6.43. The largest absolute Gasteiger partial charge is 0.303 e. The van der Waals surface area contributed by atoms with Crippen LogP contribution in [0.25, 0.3) is 0 Å². The van der Waals surface area contributed by atoms with Crippen LogP contribution in [0.1, 0.15) is 52.4 Å². The highest BCUT2D eigenvalue weighted by atomic mass is 32.2. The van der Waals surface area contributed by atoms with E-state index in [1.807, 2.05) is 13.8 Å². The number of hydrogen-bond donors (Lipinski definition) is 1. The van der Waals surface area contributed by atoms with E-state index in [2.05, 4.69) is 4.90 Å². The molecule has 132 valence electrons. The highest BCUT2D eigenvalue weighted by Crippen LogP contribution is 2.64. The summed E-state index contributed by atoms with van der Waals surface area (Å²) in [5.41, 5.74) is -1.12. The normalized spacial score (nSPS) is 40.8. The zero-order chi connectivity index (χ0) is 16.9. The summed E-state index contributed by atoms with van der Waals surface area (Å²) in [7, 11) is -4.08. The summed E-state index contributed by atoms with van der Waals surface area (Å²) in [6, 6.07) is 0. The van der Waals surface area contributed by atoms with Crippen molar-refractivity contribution in [3.05, 3.63) is 0 Å². The third-order valence-electron chi connectivity index (χ3n) is 7.13. The summed E-state index contributed by atoms with van der Waals surface area (Å²) >= 11 is 0. The van der Waals surface area contributed by atoms with Crippen LogP contribution < -0.4 is 0 Å². The number of rotatable bonds is 2. The Morgan fingerprint density at radius 2 is 1.70 bits per heavy atom. The lowest BCUT2D eigenvalue weighted by molar-refractivity contribution is -0.128. The van der Waals surface area contributed by atoms with Crippen LogP contribution in [0.4, 0.5) is 0 Å². The van der Waals surface area contributed by atoms with Gasteiger partial charge in [-0.2, -0.15) is 8.42 Å². The summed E-state index contributed by atoms with van der Waals surface area (Å²) < 4.78 is 31.0. The van der Waals surface area contributed by atoms with Crippen LogP contribution in [0.3, 0.4) is 0 Å². The van der Waals surface area contributed by atoms with Gasteiger partial charge in [-0.25, -0.2) is 0 Å². The summed E-state index contributed by atoms with van der Waals surface area (Å²) in [4.78, 5) is 14.5. The first-order chi connectivity index (χ1) is 10.6. The second-order valence-electron chi connectivity index (χ2n) is 8.47. The maximum Gasteiger partial charge on any atom is 0.265 e. The van der Waals surface area contributed by atoms with Gasteiger partial charge in [0.1, 0.15) is 5.78 Å². The predicted octanol–water partition coefficient (Wildman–Crippen LogP) is 2.37. The van der Waals surface area contributed by atoms with E-state index in [1.165, 1.54) is 38.9 Å². The third-order valence-corrected chi connectivity index (χ3v) is 7.99. The average Bonchev–Trinajstić information content (AvgIpc) is 2.82. The minimum Gasteiger partial charge on any atom is -0.303 e. The zero-order valence-corrected chi connectivity index (χ0v) is 15.1. The Bertz CT molecular complexity index is 554. The van der Waals surface area contributed by atoms with Crippen molar-refractivity contribution in [2.75, 3.05) is 25.4 Å². The number of fused-ring (bicyclic) bond motifs is 5. The standard InChI is InChI=1S/C10H16O4S.C7H13N/c1-9(2)7-3-4-10(9,8(11)5-7)6-15(12,13)14;1-4-8-5-2-7(1)3-6-8/h7H,3-6H2,1-2H3,(H,12,13,14);7H,1-6H2. The van der Waals surface area contributed by atoms with Crippen LogP contribution in [0, 0.1) is 22.7 Å². The highest BCUT2D eigenvalue weighted by molar-refractivity contribution is 7.85. The molecule has 1 N–H and O–H groups in total. The molecule has 3 aliphatic heterocycles. The van der Waals surface area contributed by atoms with Crippen molar-refractivity contribution in [2.45, 2.75) is 52.4 Å². The Balaban J connectivity index is 0.000000162. The van der Waals surface area contributed by atoms with Gasteiger partial charge in [-0.15, -0.1) is 0 Å². The molecule has 5 fully saturated rings. The van der Waals surface area contributed by atoms with Gasteiger partial charge in [-0.05, 0) is 69.0 Å². The van der Waals surface area contributed by atoms with E-state index >= 15 is 0 Å². The summed E-state index contributed by atoms with van der Waals surface area (Å²) in [6.45, 7) is 8.07. The van der Waals surface area contributed by atoms with E-state index in [1.54, 1.807) is 0 Å². The van der Waals surface area contributed by atoms with Gasteiger partial charge in [0.2, 0.25) is 0 Å². The Morgan fingerprint density at radius 1 is 1.13 bits per heavy atom. The molecule has 0 spiro atoms. The molecule has 5 nitrogen and oxygen atoms in total. The molecule has 23 heavy (non-hydrogen) atoms. The van der Waals surface area contributed by atoms with Crippen molar-refractivity contribution < 1.29 is 17.8 Å². The molecule has 5 aliphatic rings.